The number of rotatable bonds is 7. The molecule has 0 fully saturated rings. The number of halogens is 1. The molecule has 0 unspecified atom stereocenters. The normalized spacial score (nSPS) is 10.3. The molecule has 2 rings (SSSR count). The fourth-order valence-corrected chi connectivity index (χ4v) is 2.38. The Bertz CT molecular complexity index is 578. The van der Waals surface area contributed by atoms with Gasteiger partial charge in [0.2, 0.25) is 0 Å². The SMILES string of the molecule is COc1ccccc1CN(CCO)Cc1cccc(N)c1.Cl. The van der Waals surface area contributed by atoms with Gasteiger partial charge in [-0.25, -0.2) is 0 Å². The standard InChI is InChI=1S/C17H22N2O2.ClH/c1-21-17-8-3-2-6-15(17)13-19(9-10-20)12-14-5-4-7-16(18)11-14;/h2-8,11,20H,9-10,12-13,18H2,1H3;1H. The highest BCUT2D eigenvalue weighted by Crippen LogP contribution is 2.20. The van der Waals surface area contributed by atoms with Gasteiger partial charge in [-0.2, -0.15) is 0 Å². The third-order valence-electron chi connectivity index (χ3n) is 3.36. The van der Waals surface area contributed by atoms with Gasteiger partial charge < -0.3 is 15.6 Å². The number of hydrogen-bond acceptors (Lipinski definition) is 4. The summed E-state index contributed by atoms with van der Waals surface area (Å²) in [6.07, 6.45) is 0. The molecule has 0 atom stereocenters. The predicted molar refractivity (Wildman–Crippen MR) is 92.3 cm³/mol. The van der Waals surface area contributed by atoms with Crippen molar-refractivity contribution in [2.75, 3.05) is 26.0 Å². The molecule has 0 saturated heterocycles. The molecule has 120 valence electrons. The second kappa shape index (κ2) is 9.30. The van der Waals surface area contributed by atoms with Crippen molar-refractivity contribution in [2.24, 2.45) is 0 Å². The Morgan fingerprint density at radius 3 is 2.55 bits per heavy atom. The van der Waals surface area contributed by atoms with Crippen LogP contribution in [0.2, 0.25) is 0 Å². The molecule has 5 heteroatoms. The van der Waals surface area contributed by atoms with E-state index in [0.29, 0.717) is 6.54 Å². The lowest BCUT2D eigenvalue weighted by Crippen LogP contribution is -2.26. The predicted octanol–water partition coefficient (Wildman–Crippen LogP) is 2.69. The fraction of sp³-hybridized carbons (Fsp3) is 0.294. The van der Waals surface area contributed by atoms with E-state index in [0.717, 1.165) is 35.7 Å². The van der Waals surface area contributed by atoms with E-state index in [4.69, 9.17) is 10.5 Å². The van der Waals surface area contributed by atoms with Crippen LogP contribution >= 0.6 is 12.4 Å². The first-order valence-corrected chi connectivity index (χ1v) is 7.02. The molecule has 0 bridgehead atoms. The monoisotopic (exact) mass is 322 g/mol. The van der Waals surface area contributed by atoms with Crippen molar-refractivity contribution < 1.29 is 9.84 Å². The highest BCUT2D eigenvalue weighted by molar-refractivity contribution is 5.85. The number of benzene rings is 2. The van der Waals surface area contributed by atoms with Gasteiger partial charge in [-0.3, -0.25) is 4.90 Å². The minimum Gasteiger partial charge on any atom is -0.496 e. The van der Waals surface area contributed by atoms with Crippen LogP contribution in [0.3, 0.4) is 0 Å². The summed E-state index contributed by atoms with van der Waals surface area (Å²) in [5, 5.41) is 9.28. The minimum absolute atomic E-state index is 0. The lowest BCUT2D eigenvalue weighted by molar-refractivity contribution is 0.183. The Morgan fingerprint density at radius 1 is 1.09 bits per heavy atom. The maximum atomic E-state index is 9.28. The van der Waals surface area contributed by atoms with Gasteiger partial charge in [-0.15, -0.1) is 12.4 Å². The van der Waals surface area contributed by atoms with Crippen molar-refractivity contribution in [1.29, 1.82) is 0 Å². The Labute approximate surface area is 137 Å². The van der Waals surface area contributed by atoms with E-state index in [1.54, 1.807) is 7.11 Å². The van der Waals surface area contributed by atoms with Crippen LogP contribution in [-0.4, -0.2) is 30.3 Å². The molecule has 0 radical (unpaired) electrons. The molecule has 0 aliphatic rings. The molecule has 0 amide bonds. The fourth-order valence-electron chi connectivity index (χ4n) is 2.38. The van der Waals surface area contributed by atoms with E-state index in [-0.39, 0.29) is 19.0 Å². The molecule has 0 heterocycles. The van der Waals surface area contributed by atoms with Crippen LogP contribution in [0.15, 0.2) is 48.5 Å². The number of nitrogen functional groups attached to an aromatic ring is 1. The Hall–Kier alpha value is -1.75. The van der Waals surface area contributed by atoms with Crippen molar-refractivity contribution in [3.63, 3.8) is 0 Å². The molecule has 0 spiro atoms. The van der Waals surface area contributed by atoms with Gasteiger partial charge in [0.05, 0.1) is 13.7 Å². The third kappa shape index (κ3) is 5.22. The molecular formula is C17H23ClN2O2. The van der Waals surface area contributed by atoms with Gasteiger partial charge in [0.25, 0.3) is 0 Å². The quantitative estimate of drug-likeness (QED) is 0.770. The summed E-state index contributed by atoms with van der Waals surface area (Å²) >= 11 is 0. The summed E-state index contributed by atoms with van der Waals surface area (Å²) in [6, 6.07) is 15.8. The van der Waals surface area contributed by atoms with E-state index in [9.17, 15) is 5.11 Å². The van der Waals surface area contributed by atoms with Gasteiger partial charge in [-0.1, -0.05) is 30.3 Å². The number of methoxy groups -OCH3 is 1. The van der Waals surface area contributed by atoms with E-state index >= 15 is 0 Å². The summed E-state index contributed by atoms with van der Waals surface area (Å²) in [7, 11) is 1.67. The summed E-state index contributed by atoms with van der Waals surface area (Å²) in [4.78, 5) is 2.17. The topological polar surface area (TPSA) is 58.7 Å². The lowest BCUT2D eigenvalue weighted by atomic mass is 10.1. The number of para-hydroxylation sites is 1. The molecule has 0 aliphatic heterocycles. The van der Waals surface area contributed by atoms with Crippen molar-refractivity contribution in [3.05, 3.63) is 59.7 Å². The van der Waals surface area contributed by atoms with Crippen LogP contribution in [0.25, 0.3) is 0 Å². The highest BCUT2D eigenvalue weighted by Gasteiger charge is 2.10. The molecule has 2 aromatic carbocycles. The number of ether oxygens (including phenoxy) is 1. The number of aliphatic hydroxyl groups excluding tert-OH is 1. The first-order chi connectivity index (χ1) is 10.2. The van der Waals surface area contributed by atoms with Crippen molar-refractivity contribution >= 4 is 18.1 Å². The molecule has 22 heavy (non-hydrogen) atoms. The van der Waals surface area contributed by atoms with E-state index in [2.05, 4.69) is 4.90 Å². The first-order valence-electron chi connectivity index (χ1n) is 7.02. The van der Waals surface area contributed by atoms with Gasteiger partial charge >= 0.3 is 0 Å². The smallest absolute Gasteiger partial charge is 0.123 e. The van der Waals surface area contributed by atoms with E-state index in [1.807, 2.05) is 48.5 Å². The van der Waals surface area contributed by atoms with Crippen LogP contribution in [0, 0.1) is 0 Å². The van der Waals surface area contributed by atoms with Gasteiger partial charge in [0, 0.05) is 30.9 Å². The third-order valence-corrected chi connectivity index (χ3v) is 3.36. The van der Waals surface area contributed by atoms with Gasteiger partial charge in [-0.05, 0) is 23.8 Å². The maximum absolute atomic E-state index is 9.28. The van der Waals surface area contributed by atoms with Gasteiger partial charge in [0.15, 0.2) is 0 Å². The van der Waals surface area contributed by atoms with E-state index < -0.39 is 0 Å². The van der Waals surface area contributed by atoms with Crippen molar-refractivity contribution in [3.8, 4) is 5.75 Å². The minimum atomic E-state index is 0. The number of hydrogen-bond donors (Lipinski definition) is 2. The number of nitrogens with two attached hydrogens (primary N) is 1. The molecule has 4 nitrogen and oxygen atoms in total. The average Bonchev–Trinajstić information content (AvgIpc) is 2.48. The molecule has 2 aromatic rings. The Kier molecular flexibility index (Phi) is 7.74. The largest absolute Gasteiger partial charge is 0.496 e. The maximum Gasteiger partial charge on any atom is 0.123 e. The van der Waals surface area contributed by atoms with Crippen LogP contribution < -0.4 is 10.5 Å². The first kappa shape index (κ1) is 18.3. The molecule has 0 aliphatic carbocycles. The molecular weight excluding hydrogens is 300 g/mol. The van der Waals surface area contributed by atoms with Gasteiger partial charge in [0.1, 0.15) is 5.75 Å². The Balaban J connectivity index is 0.00000242. The average molecular weight is 323 g/mol. The molecule has 0 aromatic heterocycles. The number of anilines is 1. The van der Waals surface area contributed by atoms with Crippen LogP contribution in [-0.2, 0) is 13.1 Å². The van der Waals surface area contributed by atoms with Crippen LogP contribution in [0.5, 0.6) is 5.75 Å². The summed E-state index contributed by atoms with van der Waals surface area (Å²) < 4.78 is 5.38. The lowest BCUT2D eigenvalue weighted by Gasteiger charge is -2.22. The van der Waals surface area contributed by atoms with Crippen molar-refractivity contribution in [2.45, 2.75) is 13.1 Å². The second-order valence-electron chi connectivity index (χ2n) is 4.99. The number of aliphatic hydroxyl groups is 1. The zero-order valence-electron chi connectivity index (χ0n) is 12.7. The van der Waals surface area contributed by atoms with Crippen molar-refractivity contribution in [1.82, 2.24) is 4.90 Å². The van der Waals surface area contributed by atoms with Crippen LogP contribution in [0.1, 0.15) is 11.1 Å². The molecule has 3 N–H and O–H groups in total. The van der Waals surface area contributed by atoms with Crippen LogP contribution in [0.4, 0.5) is 5.69 Å². The summed E-state index contributed by atoms with van der Waals surface area (Å²) in [5.74, 6) is 0.869. The Morgan fingerprint density at radius 2 is 1.86 bits per heavy atom. The highest BCUT2D eigenvalue weighted by atomic mass is 35.5. The molecule has 0 saturated carbocycles. The number of nitrogens with zero attached hydrogens (tertiary/aromatic N) is 1. The summed E-state index contributed by atoms with van der Waals surface area (Å²) in [5.41, 5.74) is 8.82. The zero-order valence-corrected chi connectivity index (χ0v) is 13.6. The van der Waals surface area contributed by atoms with E-state index in [1.165, 1.54) is 0 Å². The summed E-state index contributed by atoms with van der Waals surface area (Å²) in [6.45, 7) is 2.19. The zero-order chi connectivity index (χ0) is 15.1. The second-order valence-corrected chi connectivity index (χ2v) is 4.99.